The van der Waals surface area contributed by atoms with Crippen molar-refractivity contribution in [3.05, 3.63) is 69.3 Å². The van der Waals surface area contributed by atoms with Gasteiger partial charge >= 0.3 is 167 Å². The van der Waals surface area contributed by atoms with Crippen molar-refractivity contribution in [1.29, 1.82) is 0 Å². The fourth-order valence-corrected chi connectivity index (χ4v) is 8.47. The zero-order valence-corrected chi connectivity index (χ0v) is 55.5. The number of halogens is 60. The summed E-state index contributed by atoms with van der Waals surface area (Å²) in [6.07, 6.45) is -138. The average Bonchev–Trinajstić information content (AvgIpc) is 1.30. The summed E-state index contributed by atoms with van der Waals surface area (Å²) in [5.41, 5.74) is -41.3. The number of nitrogens with zero attached hydrogens (tertiary/aromatic N) is 2. The van der Waals surface area contributed by atoms with Gasteiger partial charge < -0.3 is 9.97 Å². The Kier molecular flexibility index (Phi) is 25.6. The van der Waals surface area contributed by atoms with Crippen LogP contribution in [0.25, 0.3) is 46.4 Å². The third-order valence-corrected chi connectivity index (χ3v) is 14.7. The molecule has 3 aromatic heterocycles. The molecule has 0 fully saturated rings. The van der Waals surface area contributed by atoms with Crippen LogP contribution in [0, 0.1) is 0 Å². The Morgan fingerprint density at radius 3 is 0.492 bits per heavy atom. The van der Waals surface area contributed by atoms with Crippen molar-refractivity contribution >= 4 is 92.8 Å². The summed E-state index contributed by atoms with van der Waals surface area (Å²) in [6.45, 7) is 0. The molecular formula is C48H10Cl4F56N4O8. The first-order chi connectivity index (χ1) is 52.0. The van der Waals surface area contributed by atoms with Gasteiger partial charge in [0.1, 0.15) is 5.56 Å². The van der Waals surface area contributed by atoms with Crippen molar-refractivity contribution in [1.82, 2.24) is 19.9 Å². The normalized spacial score (nSPS) is 16.4. The quantitative estimate of drug-likeness (QED) is 0.0295. The lowest BCUT2D eigenvalue weighted by Crippen LogP contribution is -2.63. The molecule has 72 heteroatoms. The van der Waals surface area contributed by atoms with Crippen LogP contribution in [0.3, 0.4) is 0 Å². The molecule has 3 aromatic rings. The molecule has 0 amide bonds. The standard InChI is InChI=1S/C48H10Cl4F56N4O8/c49-33(77,78)25(61,62)37(85,86)117-45(101,102)29(69,70)41(93,94)113-21(53,54)17-9-1-2-10(109-9)18(22(55,56)114-42(95,96)30(71,72)46(103,104)118-38(87,88)26(63,64)34(50,79)80)12-5-6-14(111-12)20(24(59,60)116-44(99,100)32(75,76)48(107,108)120-40(91,92)28(67,68)36(52,83)84)16-8-7-15(112-16)19(13-4-3-11(17)110-13)23(57,58)115-43(97,98)31(73,74)47(105,106)119-39(89,90)27(65,66)35(51,81)82/h1-8,109-110H. The van der Waals surface area contributed by atoms with E-state index in [9.17, 15) is 140 Å². The van der Waals surface area contributed by atoms with Gasteiger partial charge in [-0.15, -0.1) is 0 Å². The molecule has 8 bridgehead atoms. The van der Waals surface area contributed by atoms with E-state index in [0.717, 1.165) is 0 Å². The fraction of sp³-hybridized carbons (Fsp3) is 0.583. The van der Waals surface area contributed by atoms with E-state index in [4.69, 9.17) is 0 Å². The van der Waals surface area contributed by atoms with Gasteiger partial charge in [0.25, 0.3) is 0 Å². The van der Waals surface area contributed by atoms with Crippen LogP contribution in [-0.4, -0.2) is 162 Å². The Labute approximate surface area is 631 Å². The maximum absolute atomic E-state index is 16.7. The Morgan fingerprint density at radius 1 is 0.183 bits per heavy atom. The number of aromatic amines is 2. The van der Waals surface area contributed by atoms with Gasteiger partial charge in [0, 0.05) is 0 Å². The topological polar surface area (TPSA) is 131 Å². The van der Waals surface area contributed by atoms with Crippen molar-refractivity contribution in [2.24, 2.45) is 0 Å². The van der Waals surface area contributed by atoms with Crippen LogP contribution in [0.2, 0.25) is 0 Å². The number of alkyl halides is 60. The molecule has 0 saturated carbocycles. The molecule has 2 aliphatic heterocycles. The van der Waals surface area contributed by atoms with E-state index in [0.29, 0.717) is 9.97 Å². The molecule has 0 radical (unpaired) electrons. The molecule has 0 saturated heterocycles. The highest BCUT2D eigenvalue weighted by Crippen LogP contribution is 2.63. The minimum Gasteiger partial charge on any atom is -0.354 e. The number of aromatic nitrogens is 4. The van der Waals surface area contributed by atoms with Crippen LogP contribution < -0.4 is 0 Å². The second-order valence-corrected chi connectivity index (χ2v) is 24.1. The van der Waals surface area contributed by atoms with E-state index < -0.39 is 282 Å². The Balaban J connectivity index is 2.14. The number of H-pyrrole nitrogens is 2. The van der Waals surface area contributed by atoms with E-state index in [1.807, 2.05) is 0 Å². The summed E-state index contributed by atoms with van der Waals surface area (Å²) in [6, 6.07) is -4.58. The molecule has 0 unspecified atom stereocenters. The number of rotatable bonds is 36. The highest BCUT2D eigenvalue weighted by Gasteiger charge is 2.88. The molecule has 2 aliphatic rings. The Morgan fingerprint density at radius 2 is 0.317 bits per heavy atom. The van der Waals surface area contributed by atoms with Crippen LogP contribution in [-0.2, 0) is 62.3 Å². The third-order valence-electron chi connectivity index (χ3n) is 13.8. The second-order valence-electron chi connectivity index (χ2n) is 22.2. The summed E-state index contributed by atoms with van der Waals surface area (Å²) in [5.74, 6) is -67.6. The molecule has 12 nitrogen and oxygen atoms in total. The number of nitrogens with one attached hydrogen (secondary N) is 2. The summed E-state index contributed by atoms with van der Waals surface area (Å²) >= 11 is 14.1. The van der Waals surface area contributed by atoms with Gasteiger partial charge in [0.2, 0.25) is 0 Å². The Hall–Kier alpha value is -6.48. The molecule has 120 heavy (non-hydrogen) atoms. The van der Waals surface area contributed by atoms with Crippen LogP contribution in [0.1, 0.15) is 45.0 Å². The lowest BCUT2D eigenvalue weighted by molar-refractivity contribution is -0.530. The van der Waals surface area contributed by atoms with Gasteiger partial charge in [-0.1, -0.05) is 0 Å². The minimum atomic E-state index is -8.92. The number of ether oxygens (including phenoxy) is 8. The lowest BCUT2D eigenvalue weighted by Gasteiger charge is -2.36. The highest BCUT2D eigenvalue weighted by molar-refractivity contribution is 6.23. The molecule has 2 N–H and O–H groups in total. The zero-order chi connectivity index (χ0) is 95.1. The van der Waals surface area contributed by atoms with Crippen molar-refractivity contribution < 1.29 is 284 Å². The van der Waals surface area contributed by atoms with Crippen molar-refractivity contribution in [3.63, 3.8) is 0 Å². The van der Waals surface area contributed by atoms with Crippen molar-refractivity contribution in [2.75, 3.05) is 0 Å². The predicted octanol–water partition coefficient (Wildman–Crippen LogP) is 24.5. The van der Waals surface area contributed by atoms with Crippen LogP contribution in [0.4, 0.5) is 246 Å². The summed E-state index contributed by atoms with van der Waals surface area (Å²) in [4.78, 5) is 5.31. The van der Waals surface area contributed by atoms with Gasteiger partial charge in [-0.05, 0) is 95.0 Å². The first-order valence-corrected chi connectivity index (χ1v) is 28.7. The third kappa shape index (κ3) is 17.7. The largest absolute Gasteiger partial charge is 0.433 e. The smallest absolute Gasteiger partial charge is 0.354 e. The predicted molar refractivity (Wildman–Crippen MR) is 265 cm³/mol. The SMILES string of the molecule is FC(F)(OC(F)(F)C(F)(F)C(F)(F)OC(F)(F)C(F)(F)C(F)(F)Cl)c1c2nc(c(C(F)(F)OC(F)(F)C(F)(F)C(F)(F)OC(F)(F)C(F)(F)C(F)(F)Cl)c3ccc([nH]3)c(C(F)(F)OC(F)(F)C(F)(F)C(F)(F)OC(F)(F)C(F)(F)C(F)(F)Cl)c3ccc([nH]3)c(C(F)(F)OC(F)(F)C(F)(F)C(F)(F)OC(F)(F)C(F)(F)C(F)(F)Cl)c3nc1C=C3)C=C2. The summed E-state index contributed by atoms with van der Waals surface area (Å²) in [7, 11) is 0. The molecular weight excluding hydrogens is 1970 g/mol. The van der Waals surface area contributed by atoms with Crippen molar-refractivity contribution in [2.45, 2.75) is 167 Å². The molecule has 690 valence electrons. The van der Waals surface area contributed by atoms with Crippen LogP contribution >= 0.6 is 46.4 Å². The minimum absolute atomic E-state index is 0.415. The maximum atomic E-state index is 16.7. The number of hydrogen-bond acceptors (Lipinski definition) is 10. The van der Waals surface area contributed by atoms with Crippen molar-refractivity contribution in [3.8, 4) is 0 Å². The van der Waals surface area contributed by atoms with Gasteiger partial charge in [0.15, 0.2) is 0 Å². The van der Waals surface area contributed by atoms with E-state index >= 15 is 105 Å². The lowest BCUT2D eigenvalue weighted by atomic mass is 10.1. The molecule has 0 spiro atoms. The Bertz CT molecular complexity index is 4370. The maximum Gasteiger partial charge on any atom is 0.433 e. The molecule has 0 aliphatic carbocycles. The van der Waals surface area contributed by atoms with E-state index in [1.165, 1.54) is 18.9 Å². The van der Waals surface area contributed by atoms with Gasteiger partial charge in [-0.3, -0.25) is 0 Å². The van der Waals surface area contributed by atoms with E-state index in [1.54, 1.807) is 0 Å². The van der Waals surface area contributed by atoms with Gasteiger partial charge in [-0.25, -0.2) is 47.9 Å². The molecule has 0 atom stereocenters. The number of fused-ring (bicyclic) bond motifs is 8. The zero-order valence-electron chi connectivity index (χ0n) is 52.5. The molecule has 5 rings (SSSR count). The second kappa shape index (κ2) is 29.6. The molecule has 5 heterocycles. The number of hydrogen-bond donors (Lipinski definition) is 2. The molecule has 0 aromatic carbocycles. The van der Waals surface area contributed by atoms with E-state index in [-0.39, 0.29) is 0 Å². The highest BCUT2D eigenvalue weighted by atomic mass is 35.5. The first-order valence-electron chi connectivity index (χ1n) is 27.1. The average molecular weight is 1980 g/mol. The summed E-state index contributed by atoms with van der Waals surface area (Å²) < 4.78 is 835. The monoisotopic (exact) mass is 1970 g/mol. The first kappa shape index (κ1) is 104. The van der Waals surface area contributed by atoms with Crippen LogP contribution in [0.15, 0.2) is 24.3 Å². The van der Waals surface area contributed by atoms with Crippen LogP contribution in [0.5, 0.6) is 0 Å². The summed E-state index contributed by atoms with van der Waals surface area (Å²) in [5, 5.41) is -28.6. The van der Waals surface area contributed by atoms with Gasteiger partial charge in [-0.2, -0.15) is 246 Å². The van der Waals surface area contributed by atoms with Gasteiger partial charge in [0.05, 0.1) is 61.5 Å². The fourth-order valence-electron chi connectivity index (χ4n) is 8.03. The van der Waals surface area contributed by atoms with E-state index in [2.05, 4.69) is 75.3 Å².